The fraction of sp³-hybridized carbons (Fsp3) is 0.438. The van der Waals surface area contributed by atoms with Crippen molar-refractivity contribution < 1.29 is 4.79 Å². The average molecular weight is 290 g/mol. The summed E-state index contributed by atoms with van der Waals surface area (Å²) in [5, 5.41) is 3.06. The number of nitrogens with two attached hydrogens (primary N) is 1. The molecule has 1 aromatic carbocycles. The minimum atomic E-state index is 0.0520. The Hall–Kier alpha value is -1.26. The van der Waals surface area contributed by atoms with Gasteiger partial charge in [-0.3, -0.25) is 4.79 Å². The monoisotopic (exact) mass is 290 g/mol. The fourth-order valence-electron chi connectivity index (χ4n) is 2.54. The highest BCUT2D eigenvalue weighted by Gasteiger charge is 2.25. The van der Waals surface area contributed by atoms with Crippen LogP contribution in [0.5, 0.6) is 0 Å². The molecule has 0 bridgehead atoms. The van der Waals surface area contributed by atoms with Gasteiger partial charge in [0.25, 0.3) is 0 Å². The van der Waals surface area contributed by atoms with Crippen LogP contribution in [-0.2, 0) is 4.79 Å². The van der Waals surface area contributed by atoms with Gasteiger partial charge in [0, 0.05) is 22.6 Å². The maximum Gasteiger partial charge on any atom is 0.227 e. The van der Waals surface area contributed by atoms with Crippen molar-refractivity contribution in [3.05, 3.63) is 36.9 Å². The average Bonchev–Trinajstić information content (AvgIpc) is 2.46. The van der Waals surface area contributed by atoms with Crippen LogP contribution in [0.3, 0.4) is 0 Å². The standard InChI is InChI=1S/C16H22N2OS/c1-2-10-20-15-9-4-3-8-14(15)18-16(19)12-6-5-7-13(17)11-12/h2-4,8-9,12-13H,1,5-7,10-11,17H2,(H,18,19). The van der Waals surface area contributed by atoms with E-state index >= 15 is 0 Å². The molecule has 0 aliphatic heterocycles. The lowest BCUT2D eigenvalue weighted by Gasteiger charge is -2.26. The number of benzene rings is 1. The van der Waals surface area contributed by atoms with Gasteiger partial charge in [-0.1, -0.05) is 24.6 Å². The summed E-state index contributed by atoms with van der Waals surface area (Å²) in [6, 6.07) is 8.07. The highest BCUT2D eigenvalue weighted by Crippen LogP contribution is 2.29. The molecule has 0 radical (unpaired) electrons. The van der Waals surface area contributed by atoms with Crippen LogP contribution >= 0.6 is 11.8 Å². The Morgan fingerprint density at radius 3 is 3.00 bits per heavy atom. The minimum absolute atomic E-state index is 0.0520. The smallest absolute Gasteiger partial charge is 0.227 e. The molecule has 2 rings (SSSR count). The predicted octanol–water partition coefficient (Wildman–Crippen LogP) is 3.42. The van der Waals surface area contributed by atoms with Crippen molar-refractivity contribution in [2.75, 3.05) is 11.1 Å². The first kappa shape index (κ1) is 15.1. The third-order valence-electron chi connectivity index (χ3n) is 3.59. The molecule has 4 heteroatoms. The number of rotatable bonds is 5. The lowest BCUT2D eigenvalue weighted by molar-refractivity contribution is -0.120. The van der Waals surface area contributed by atoms with Crippen LogP contribution in [0.25, 0.3) is 0 Å². The molecule has 0 saturated heterocycles. The summed E-state index contributed by atoms with van der Waals surface area (Å²) in [5.74, 6) is 0.990. The van der Waals surface area contributed by atoms with Gasteiger partial charge in [0.05, 0.1) is 5.69 Å². The second-order valence-corrected chi connectivity index (χ2v) is 6.27. The molecular weight excluding hydrogens is 268 g/mol. The van der Waals surface area contributed by atoms with Crippen molar-refractivity contribution in [2.24, 2.45) is 11.7 Å². The molecule has 0 spiro atoms. The molecule has 0 heterocycles. The van der Waals surface area contributed by atoms with Gasteiger partial charge in [-0.15, -0.1) is 18.3 Å². The molecule has 1 fully saturated rings. The summed E-state index contributed by atoms with van der Waals surface area (Å²) < 4.78 is 0. The molecule has 1 aliphatic carbocycles. The summed E-state index contributed by atoms with van der Waals surface area (Å²) in [7, 11) is 0. The second-order valence-electron chi connectivity index (χ2n) is 5.21. The lowest BCUT2D eigenvalue weighted by atomic mass is 9.85. The fourth-order valence-corrected chi connectivity index (χ4v) is 3.29. The van der Waals surface area contributed by atoms with Crippen molar-refractivity contribution in [1.29, 1.82) is 0 Å². The summed E-state index contributed by atoms with van der Waals surface area (Å²) in [6.07, 6.45) is 5.69. The van der Waals surface area contributed by atoms with Crippen molar-refractivity contribution in [3.63, 3.8) is 0 Å². The van der Waals surface area contributed by atoms with E-state index < -0.39 is 0 Å². The van der Waals surface area contributed by atoms with Crippen molar-refractivity contribution in [2.45, 2.75) is 36.6 Å². The van der Waals surface area contributed by atoms with Crippen LogP contribution in [0, 0.1) is 5.92 Å². The summed E-state index contributed by atoms with van der Waals surface area (Å²) in [5.41, 5.74) is 6.85. The van der Waals surface area contributed by atoms with Crippen LogP contribution < -0.4 is 11.1 Å². The Kier molecular flexibility index (Phi) is 5.68. The number of carbonyl (C=O) groups excluding carboxylic acids is 1. The Bertz CT molecular complexity index is 475. The largest absolute Gasteiger partial charge is 0.328 e. The third kappa shape index (κ3) is 4.12. The molecule has 3 nitrogen and oxygen atoms in total. The Morgan fingerprint density at radius 2 is 2.25 bits per heavy atom. The zero-order chi connectivity index (χ0) is 14.4. The number of hydrogen-bond acceptors (Lipinski definition) is 3. The molecular formula is C16H22N2OS. The van der Waals surface area contributed by atoms with Gasteiger partial charge in [-0.25, -0.2) is 0 Å². The Morgan fingerprint density at radius 1 is 1.45 bits per heavy atom. The first-order valence-electron chi connectivity index (χ1n) is 7.10. The van der Waals surface area contributed by atoms with E-state index in [-0.39, 0.29) is 17.9 Å². The molecule has 3 N–H and O–H groups in total. The van der Waals surface area contributed by atoms with Crippen LogP contribution in [0.15, 0.2) is 41.8 Å². The Balaban J connectivity index is 2.01. The van der Waals surface area contributed by atoms with Crippen molar-refractivity contribution in [3.8, 4) is 0 Å². The van der Waals surface area contributed by atoms with E-state index in [4.69, 9.17) is 5.73 Å². The normalized spacial score (nSPS) is 22.2. The van der Waals surface area contributed by atoms with Crippen LogP contribution in [0.4, 0.5) is 5.69 Å². The minimum Gasteiger partial charge on any atom is -0.328 e. The zero-order valence-corrected chi connectivity index (χ0v) is 12.5. The number of thioether (sulfide) groups is 1. The van der Waals surface area contributed by atoms with E-state index in [1.54, 1.807) is 11.8 Å². The summed E-state index contributed by atoms with van der Waals surface area (Å²) in [4.78, 5) is 13.4. The molecule has 2 atom stereocenters. The topological polar surface area (TPSA) is 55.1 Å². The number of amides is 1. The SMILES string of the molecule is C=CCSc1ccccc1NC(=O)C1CCCC(N)C1. The van der Waals surface area contributed by atoms with Gasteiger partial charge in [0.1, 0.15) is 0 Å². The Labute approximate surface area is 125 Å². The second kappa shape index (κ2) is 7.50. The van der Waals surface area contributed by atoms with E-state index in [1.165, 1.54) is 0 Å². The first-order valence-corrected chi connectivity index (χ1v) is 8.08. The van der Waals surface area contributed by atoms with Gasteiger partial charge < -0.3 is 11.1 Å². The molecule has 2 unspecified atom stereocenters. The third-order valence-corrected chi connectivity index (χ3v) is 4.66. The summed E-state index contributed by atoms with van der Waals surface area (Å²) in [6.45, 7) is 3.73. The number of nitrogens with one attached hydrogen (secondary N) is 1. The highest BCUT2D eigenvalue weighted by atomic mass is 32.2. The first-order chi connectivity index (χ1) is 9.70. The quantitative estimate of drug-likeness (QED) is 0.645. The van der Waals surface area contributed by atoms with Gasteiger partial charge >= 0.3 is 0 Å². The molecule has 1 aliphatic rings. The molecule has 20 heavy (non-hydrogen) atoms. The van der Waals surface area contributed by atoms with E-state index in [1.807, 2.05) is 30.3 Å². The van der Waals surface area contributed by atoms with E-state index in [9.17, 15) is 4.79 Å². The number of anilines is 1. The molecule has 1 saturated carbocycles. The van der Waals surface area contributed by atoms with Gasteiger partial charge in [-0.2, -0.15) is 0 Å². The maximum absolute atomic E-state index is 12.3. The van der Waals surface area contributed by atoms with Gasteiger partial charge in [0.15, 0.2) is 0 Å². The molecule has 108 valence electrons. The molecule has 0 aromatic heterocycles. The van der Waals surface area contributed by atoms with E-state index in [2.05, 4.69) is 11.9 Å². The number of carbonyl (C=O) groups is 1. The molecule has 1 aromatic rings. The van der Waals surface area contributed by atoms with Crippen LogP contribution in [0.2, 0.25) is 0 Å². The van der Waals surface area contributed by atoms with E-state index in [0.717, 1.165) is 42.0 Å². The van der Waals surface area contributed by atoms with Crippen LogP contribution in [0.1, 0.15) is 25.7 Å². The zero-order valence-electron chi connectivity index (χ0n) is 11.7. The lowest BCUT2D eigenvalue weighted by Crippen LogP contribution is -2.34. The number of hydrogen-bond donors (Lipinski definition) is 2. The van der Waals surface area contributed by atoms with Crippen LogP contribution in [-0.4, -0.2) is 17.7 Å². The van der Waals surface area contributed by atoms with E-state index in [0.29, 0.717) is 0 Å². The highest BCUT2D eigenvalue weighted by molar-refractivity contribution is 7.99. The maximum atomic E-state index is 12.3. The van der Waals surface area contributed by atoms with Crippen molar-refractivity contribution >= 4 is 23.4 Å². The molecule has 1 amide bonds. The van der Waals surface area contributed by atoms with Gasteiger partial charge in [0.2, 0.25) is 5.91 Å². The number of para-hydroxylation sites is 1. The predicted molar refractivity (Wildman–Crippen MR) is 85.9 cm³/mol. The van der Waals surface area contributed by atoms with Gasteiger partial charge in [-0.05, 0) is 31.4 Å². The van der Waals surface area contributed by atoms with Crippen molar-refractivity contribution in [1.82, 2.24) is 0 Å². The summed E-state index contributed by atoms with van der Waals surface area (Å²) >= 11 is 1.68.